The highest BCUT2D eigenvalue weighted by Gasteiger charge is 2.34. The van der Waals surface area contributed by atoms with Crippen LogP contribution in [0, 0.1) is 0 Å². The molecule has 2 aromatic rings. The number of methoxy groups -OCH3 is 2. The zero-order valence-electron chi connectivity index (χ0n) is 15.9. The minimum absolute atomic E-state index is 0.0282. The van der Waals surface area contributed by atoms with E-state index in [9.17, 15) is 20.4 Å². The Kier molecular flexibility index (Phi) is 6.28. The summed E-state index contributed by atoms with van der Waals surface area (Å²) in [5.41, 5.74) is 1.55. The number of phenolic OH excluding ortho intramolecular Hbond substituents is 2. The Morgan fingerprint density at radius 1 is 1.00 bits per heavy atom. The smallest absolute Gasteiger partial charge is 0.160 e. The van der Waals surface area contributed by atoms with Crippen LogP contribution >= 0.6 is 0 Å². The summed E-state index contributed by atoms with van der Waals surface area (Å²) in [5.74, 6) is 0.727. The van der Waals surface area contributed by atoms with E-state index >= 15 is 0 Å². The Morgan fingerprint density at radius 3 is 2.32 bits per heavy atom. The van der Waals surface area contributed by atoms with Crippen LogP contribution in [0.3, 0.4) is 0 Å². The third-order valence-electron chi connectivity index (χ3n) is 5.02. The first kappa shape index (κ1) is 20.3. The van der Waals surface area contributed by atoms with Gasteiger partial charge in [-0.15, -0.1) is 0 Å². The summed E-state index contributed by atoms with van der Waals surface area (Å²) < 4.78 is 16.3. The summed E-state index contributed by atoms with van der Waals surface area (Å²) >= 11 is 0. The van der Waals surface area contributed by atoms with Crippen LogP contribution in [0.5, 0.6) is 23.0 Å². The number of rotatable bonds is 6. The molecule has 1 fully saturated rings. The standard InChI is InChI=1S/C21H26O7/c1-26-19-8-12(3-5-15(19)23)7-17(25)21-11-14(22)10-18(28-21)13-4-6-16(24)20(9-13)27-2/h3-6,8-9,14,17-18,21-25H,7,10-11H2,1-2H3/t14-,17-,18+,21-/m0/s1. The highest BCUT2D eigenvalue weighted by Crippen LogP contribution is 2.37. The van der Waals surface area contributed by atoms with E-state index < -0.39 is 24.4 Å². The number of phenols is 2. The average molecular weight is 390 g/mol. The molecule has 1 saturated heterocycles. The second-order valence-electron chi connectivity index (χ2n) is 7.00. The Balaban J connectivity index is 1.73. The van der Waals surface area contributed by atoms with Gasteiger partial charge in [-0.1, -0.05) is 12.1 Å². The van der Waals surface area contributed by atoms with Gasteiger partial charge in [0.25, 0.3) is 0 Å². The molecule has 2 aromatic carbocycles. The first-order valence-corrected chi connectivity index (χ1v) is 9.15. The summed E-state index contributed by atoms with van der Waals surface area (Å²) in [6, 6.07) is 9.81. The third-order valence-corrected chi connectivity index (χ3v) is 5.02. The molecule has 0 saturated carbocycles. The predicted octanol–water partition coefficient (Wildman–Crippen LogP) is 2.30. The minimum atomic E-state index is -0.842. The fourth-order valence-electron chi connectivity index (χ4n) is 3.51. The summed E-state index contributed by atoms with van der Waals surface area (Å²) in [5, 5.41) is 40.5. The summed E-state index contributed by atoms with van der Waals surface area (Å²) in [6.07, 6.45) is -1.44. The number of hydrogen-bond acceptors (Lipinski definition) is 7. The Labute approximate surface area is 163 Å². The summed E-state index contributed by atoms with van der Waals surface area (Å²) in [4.78, 5) is 0. The molecular formula is C21H26O7. The molecule has 0 aliphatic carbocycles. The Morgan fingerprint density at radius 2 is 1.64 bits per heavy atom. The van der Waals surface area contributed by atoms with Gasteiger partial charge >= 0.3 is 0 Å². The van der Waals surface area contributed by atoms with Gasteiger partial charge in [0.2, 0.25) is 0 Å². The molecule has 0 radical (unpaired) electrons. The second kappa shape index (κ2) is 8.68. The van der Waals surface area contributed by atoms with Crippen molar-refractivity contribution < 1.29 is 34.6 Å². The highest BCUT2D eigenvalue weighted by molar-refractivity contribution is 5.43. The van der Waals surface area contributed by atoms with Crippen LogP contribution in [0.2, 0.25) is 0 Å². The zero-order chi connectivity index (χ0) is 20.3. The molecule has 4 N–H and O–H groups in total. The van der Waals surface area contributed by atoms with E-state index in [1.165, 1.54) is 26.4 Å². The van der Waals surface area contributed by atoms with E-state index in [0.29, 0.717) is 30.8 Å². The van der Waals surface area contributed by atoms with Gasteiger partial charge < -0.3 is 34.6 Å². The minimum Gasteiger partial charge on any atom is -0.504 e. The van der Waals surface area contributed by atoms with Crippen LogP contribution in [0.25, 0.3) is 0 Å². The molecule has 3 rings (SSSR count). The van der Waals surface area contributed by atoms with Crippen molar-refractivity contribution in [2.24, 2.45) is 0 Å². The van der Waals surface area contributed by atoms with E-state index in [1.807, 2.05) is 0 Å². The molecule has 1 aliphatic rings. The van der Waals surface area contributed by atoms with Crippen LogP contribution in [-0.4, -0.2) is 53.0 Å². The molecule has 0 amide bonds. The van der Waals surface area contributed by atoms with Gasteiger partial charge in [0.1, 0.15) is 0 Å². The van der Waals surface area contributed by atoms with Crippen molar-refractivity contribution >= 4 is 0 Å². The molecule has 7 heteroatoms. The van der Waals surface area contributed by atoms with Gasteiger partial charge in [-0.25, -0.2) is 0 Å². The number of aromatic hydroxyl groups is 2. The lowest BCUT2D eigenvalue weighted by atomic mass is 9.91. The van der Waals surface area contributed by atoms with E-state index in [0.717, 1.165) is 11.1 Å². The van der Waals surface area contributed by atoms with Crippen LogP contribution in [0.15, 0.2) is 36.4 Å². The van der Waals surface area contributed by atoms with Crippen LogP contribution in [-0.2, 0) is 11.2 Å². The molecule has 7 nitrogen and oxygen atoms in total. The van der Waals surface area contributed by atoms with Gasteiger partial charge in [0.05, 0.1) is 38.6 Å². The lowest BCUT2D eigenvalue weighted by molar-refractivity contribution is -0.139. The topological polar surface area (TPSA) is 109 Å². The molecule has 1 aliphatic heterocycles. The van der Waals surface area contributed by atoms with Crippen molar-refractivity contribution in [1.29, 1.82) is 0 Å². The maximum Gasteiger partial charge on any atom is 0.160 e. The summed E-state index contributed by atoms with van der Waals surface area (Å²) in [6.45, 7) is 0. The molecule has 1 heterocycles. The van der Waals surface area contributed by atoms with E-state index in [-0.39, 0.29) is 11.5 Å². The second-order valence-corrected chi connectivity index (χ2v) is 7.00. The highest BCUT2D eigenvalue weighted by atomic mass is 16.5. The van der Waals surface area contributed by atoms with Gasteiger partial charge in [-0.3, -0.25) is 0 Å². The number of benzene rings is 2. The van der Waals surface area contributed by atoms with Crippen molar-refractivity contribution in [2.75, 3.05) is 14.2 Å². The van der Waals surface area contributed by atoms with Crippen LogP contribution < -0.4 is 9.47 Å². The van der Waals surface area contributed by atoms with Crippen LogP contribution in [0.4, 0.5) is 0 Å². The molecule has 0 aromatic heterocycles. The third kappa shape index (κ3) is 4.49. The van der Waals surface area contributed by atoms with Crippen LogP contribution in [0.1, 0.15) is 30.1 Å². The Hall–Kier alpha value is -2.48. The number of ether oxygens (including phenoxy) is 3. The number of aliphatic hydroxyl groups is 2. The quantitative estimate of drug-likeness (QED) is 0.599. The fraction of sp³-hybridized carbons (Fsp3) is 0.429. The fourth-order valence-corrected chi connectivity index (χ4v) is 3.51. The van der Waals surface area contributed by atoms with Gasteiger partial charge in [-0.05, 0) is 35.4 Å². The van der Waals surface area contributed by atoms with Crippen molar-refractivity contribution in [3.63, 3.8) is 0 Å². The Bertz CT molecular complexity index is 807. The zero-order valence-corrected chi connectivity index (χ0v) is 15.9. The predicted molar refractivity (Wildman–Crippen MR) is 102 cm³/mol. The molecule has 28 heavy (non-hydrogen) atoms. The SMILES string of the molecule is COc1cc(C[C@H](O)[C@@H]2C[C@@H](O)C[C@H](c3ccc(O)c(OC)c3)O2)ccc1O. The van der Waals surface area contributed by atoms with Gasteiger partial charge in [0.15, 0.2) is 23.0 Å². The first-order valence-electron chi connectivity index (χ1n) is 9.15. The largest absolute Gasteiger partial charge is 0.504 e. The lowest BCUT2D eigenvalue weighted by Crippen LogP contribution is -2.40. The molecule has 4 atom stereocenters. The molecular weight excluding hydrogens is 364 g/mol. The first-order chi connectivity index (χ1) is 13.4. The molecule has 0 bridgehead atoms. The maximum atomic E-state index is 10.7. The molecule has 152 valence electrons. The number of hydrogen-bond donors (Lipinski definition) is 4. The van der Waals surface area contributed by atoms with Gasteiger partial charge in [-0.2, -0.15) is 0 Å². The lowest BCUT2D eigenvalue weighted by Gasteiger charge is -2.36. The van der Waals surface area contributed by atoms with Crippen molar-refractivity contribution in [1.82, 2.24) is 0 Å². The number of aliphatic hydroxyl groups excluding tert-OH is 2. The van der Waals surface area contributed by atoms with Crippen molar-refractivity contribution in [2.45, 2.75) is 43.7 Å². The molecule has 0 spiro atoms. The van der Waals surface area contributed by atoms with Crippen molar-refractivity contribution in [3.8, 4) is 23.0 Å². The van der Waals surface area contributed by atoms with E-state index in [4.69, 9.17) is 14.2 Å². The molecule has 0 unspecified atom stereocenters. The normalized spacial score (nSPS) is 23.2. The monoisotopic (exact) mass is 390 g/mol. The maximum absolute atomic E-state index is 10.7. The summed E-state index contributed by atoms with van der Waals surface area (Å²) in [7, 11) is 2.93. The average Bonchev–Trinajstić information content (AvgIpc) is 2.69. The van der Waals surface area contributed by atoms with E-state index in [1.54, 1.807) is 24.3 Å². The van der Waals surface area contributed by atoms with Gasteiger partial charge in [0, 0.05) is 19.3 Å². The van der Waals surface area contributed by atoms with E-state index in [2.05, 4.69) is 0 Å². The van der Waals surface area contributed by atoms with Crippen molar-refractivity contribution in [3.05, 3.63) is 47.5 Å².